The van der Waals surface area contributed by atoms with Crippen molar-refractivity contribution in [3.05, 3.63) is 170 Å². The summed E-state index contributed by atoms with van der Waals surface area (Å²) in [6.07, 6.45) is 99.8. The molecule has 0 rings (SSSR count). The summed E-state index contributed by atoms with van der Waals surface area (Å²) < 4.78 is 16.7. The van der Waals surface area contributed by atoms with Crippen molar-refractivity contribution in [2.45, 2.75) is 271 Å². The minimum absolute atomic E-state index is 0.104. The highest BCUT2D eigenvalue weighted by Crippen LogP contribution is 2.15. The zero-order chi connectivity index (χ0) is 58.5. The minimum Gasteiger partial charge on any atom is -0.462 e. The predicted octanol–water partition coefficient (Wildman–Crippen LogP) is 22.7. The zero-order valence-electron chi connectivity index (χ0n) is 52.0. The van der Waals surface area contributed by atoms with Gasteiger partial charge in [-0.15, -0.1) is 0 Å². The number of hydrogen-bond donors (Lipinski definition) is 0. The van der Waals surface area contributed by atoms with Crippen LogP contribution in [0, 0.1) is 0 Å². The third-order valence-corrected chi connectivity index (χ3v) is 13.2. The van der Waals surface area contributed by atoms with E-state index in [0.717, 1.165) is 96.3 Å². The molecule has 0 bridgehead atoms. The molecule has 0 amide bonds. The van der Waals surface area contributed by atoms with E-state index in [0.29, 0.717) is 19.3 Å². The second-order valence-electron chi connectivity index (χ2n) is 20.9. The van der Waals surface area contributed by atoms with Crippen molar-refractivity contribution in [2.75, 3.05) is 13.2 Å². The van der Waals surface area contributed by atoms with Gasteiger partial charge in [0, 0.05) is 12.8 Å². The van der Waals surface area contributed by atoms with Gasteiger partial charge in [0.1, 0.15) is 13.2 Å². The van der Waals surface area contributed by atoms with Crippen molar-refractivity contribution in [1.82, 2.24) is 0 Å². The smallest absolute Gasteiger partial charge is 0.309 e. The van der Waals surface area contributed by atoms with Crippen LogP contribution in [0.3, 0.4) is 0 Å². The highest BCUT2D eigenvalue weighted by Gasteiger charge is 2.19. The lowest BCUT2D eigenvalue weighted by Gasteiger charge is -2.18. The van der Waals surface area contributed by atoms with E-state index in [4.69, 9.17) is 14.2 Å². The second kappa shape index (κ2) is 67.3. The zero-order valence-corrected chi connectivity index (χ0v) is 52.0. The molecule has 0 saturated carbocycles. The van der Waals surface area contributed by atoms with Crippen LogP contribution in [0.2, 0.25) is 0 Å². The Hall–Kier alpha value is -5.23. The first kappa shape index (κ1) is 75.8. The fourth-order valence-electron chi connectivity index (χ4n) is 8.43. The first-order chi connectivity index (χ1) is 40.0. The van der Waals surface area contributed by atoms with Crippen molar-refractivity contribution < 1.29 is 28.6 Å². The van der Waals surface area contributed by atoms with Gasteiger partial charge in [0.2, 0.25) is 0 Å². The van der Waals surface area contributed by atoms with Crippen LogP contribution in [0.25, 0.3) is 0 Å². The van der Waals surface area contributed by atoms with Gasteiger partial charge in [-0.05, 0) is 122 Å². The van der Waals surface area contributed by atoms with E-state index in [1.54, 1.807) is 6.08 Å². The molecule has 0 saturated heterocycles. The fraction of sp³-hybridized carbons (Fsp3) is 0.587. The average molecular weight is 1120 g/mol. The first-order valence-electron chi connectivity index (χ1n) is 32.6. The van der Waals surface area contributed by atoms with Crippen molar-refractivity contribution in [3.63, 3.8) is 0 Å². The summed E-state index contributed by atoms with van der Waals surface area (Å²) in [6.45, 7) is 6.25. The molecule has 0 aromatic heterocycles. The molecule has 0 aliphatic heterocycles. The molecule has 81 heavy (non-hydrogen) atoms. The number of unbranched alkanes of at least 4 members (excludes halogenated alkanes) is 19. The maximum Gasteiger partial charge on any atom is 0.309 e. The Kier molecular flexibility index (Phi) is 62.9. The number of esters is 3. The first-order valence-corrected chi connectivity index (χ1v) is 32.6. The Balaban J connectivity index is 4.46. The molecule has 0 N–H and O–H groups in total. The molecule has 0 radical (unpaired) electrons. The van der Waals surface area contributed by atoms with Crippen LogP contribution in [0.1, 0.15) is 265 Å². The molecule has 0 aliphatic carbocycles. The minimum atomic E-state index is -0.869. The van der Waals surface area contributed by atoms with E-state index >= 15 is 0 Å². The Morgan fingerprint density at radius 3 is 0.914 bits per heavy atom. The Labute approximate surface area is 498 Å². The van der Waals surface area contributed by atoms with Gasteiger partial charge in [-0.2, -0.15) is 0 Å². The number of hydrogen-bond acceptors (Lipinski definition) is 6. The van der Waals surface area contributed by atoms with Crippen molar-refractivity contribution in [1.29, 1.82) is 0 Å². The summed E-state index contributed by atoms with van der Waals surface area (Å²) in [5, 5.41) is 0. The van der Waals surface area contributed by atoms with Gasteiger partial charge in [-0.1, -0.05) is 294 Å². The van der Waals surface area contributed by atoms with Gasteiger partial charge in [-0.3, -0.25) is 14.4 Å². The van der Waals surface area contributed by atoms with Crippen LogP contribution < -0.4 is 0 Å². The molecular formula is C75H118O6. The normalized spacial score (nSPS) is 13.3. The highest BCUT2D eigenvalue weighted by molar-refractivity contribution is 5.72. The van der Waals surface area contributed by atoms with Crippen LogP contribution in [0.4, 0.5) is 0 Å². The van der Waals surface area contributed by atoms with Gasteiger partial charge in [-0.25, -0.2) is 0 Å². The largest absolute Gasteiger partial charge is 0.462 e. The van der Waals surface area contributed by atoms with E-state index in [-0.39, 0.29) is 32.0 Å². The summed E-state index contributed by atoms with van der Waals surface area (Å²) in [5.41, 5.74) is 0. The Morgan fingerprint density at radius 2 is 0.556 bits per heavy atom. The SMILES string of the molecule is CC/C=C\C/C=C\C/C=C\C/C=C\C/C=C\C/C=C\CCC(=O)OC(COC(=O)C/C=C\C/C=C\C/C=C\C/C=C\C/C=C\CC)COC(=O)CCCCCCCCCCCCCCCC/C=C\C/C=C\C/C=C\CCCCCCC. The molecule has 0 fully saturated rings. The number of carbonyl (C=O) groups excluding carboxylic acids is 3. The highest BCUT2D eigenvalue weighted by atomic mass is 16.6. The van der Waals surface area contributed by atoms with Crippen LogP contribution in [-0.4, -0.2) is 37.2 Å². The summed E-state index contributed by atoms with van der Waals surface area (Å²) in [4.78, 5) is 38.2. The van der Waals surface area contributed by atoms with Gasteiger partial charge < -0.3 is 14.2 Å². The van der Waals surface area contributed by atoms with E-state index in [1.165, 1.54) is 116 Å². The van der Waals surface area contributed by atoms with Crippen molar-refractivity contribution in [2.24, 2.45) is 0 Å². The topological polar surface area (TPSA) is 78.9 Å². The van der Waals surface area contributed by atoms with Crippen LogP contribution in [0.15, 0.2) is 170 Å². The summed E-state index contributed by atoms with van der Waals surface area (Å²) in [7, 11) is 0. The molecular weight excluding hydrogens is 997 g/mol. The molecule has 0 aromatic carbocycles. The summed E-state index contributed by atoms with van der Waals surface area (Å²) in [6, 6.07) is 0. The lowest BCUT2D eigenvalue weighted by Crippen LogP contribution is -2.30. The predicted molar refractivity (Wildman–Crippen MR) is 352 cm³/mol. The van der Waals surface area contributed by atoms with Crippen LogP contribution in [0.5, 0.6) is 0 Å². The quantitative estimate of drug-likeness (QED) is 0.0261. The van der Waals surface area contributed by atoms with Crippen molar-refractivity contribution in [3.8, 4) is 0 Å². The molecule has 1 unspecified atom stereocenters. The maximum atomic E-state index is 12.9. The van der Waals surface area contributed by atoms with E-state index in [9.17, 15) is 14.4 Å². The molecule has 6 nitrogen and oxygen atoms in total. The van der Waals surface area contributed by atoms with E-state index < -0.39 is 18.0 Å². The van der Waals surface area contributed by atoms with Gasteiger partial charge in [0.25, 0.3) is 0 Å². The fourth-order valence-corrected chi connectivity index (χ4v) is 8.43. The molecule has 0 spiro atoms. The van der Waals surface area contributed by atoms with Gasteiger partial charge in [0.05, 0.1) is 6.42 Å². The van der Waals surface area contributed by atoms with Crippen LogP contribution >= 0.6 is 0 Å². The third-order valence-electron chi connectivity index (χ3n) is 13.2. The van der Waals surface area contributed by atoms with Gasteiger partial charge >= 0.3 is 17.9 Å². The molecule has 0 aromatic rings. The number of rotatable bonds is 57. The van der Waals surface area contributed by atoms with E-state index in [2.05, 4.69) is 167 Å². The average Bonchev–Trinajstić information content (AvgIpc) is 3.47. The molecule has 1 atom stereocenters. The third kappa shape index (κ3) is 65.5. The van der Waals surface area contributed by atoms with Crippen molar-refractivity contribution >= 4 is 17.9 Å². The van der Waals surface area contributed by atoms with Gasteiger partial charge in [0.15, 0.2) is 6.10 Å². The lowest BCUT2D eigenvalue weighted by molar-refractivity contribution is -0.166. The molecule has 454 valence electrons. The standard InChI is InChI=1S/C75H118O6/c1-4-7-10-13-16-19-22-25-28-30-32-33-34-35-36-37-38-39-40-41-43-44-47-50-53-56-59-62-65-68-74(77)80-71-72(70-79-73(76)67-64-61-58-55-52-49-46-27-24-21-18-15-12-9-6-3)81-75(78)69-66-63-60-57-54-51-48-45-42-31-29-26-23-20-17-14-11-8-5-2/h8-9,11-12,17-18,20-22,25-27,29-30,32,34-35,42,45-46,51-52,54-55,60-61,63-64,72H,4-7,10,13-16,19,23-24,28,31,33,36-41,43-44,47-50,53,56-59,62,65-71H2,1-3H3/b11-8-,12-9-,20-17-,21-18-,25-22-,29-26-,32-30-,35-34-,45-42-,46-27-,54-51-,55-52-,63-60-,64-61-. The Bertz CT molecular complexity index is 1860. The molecule has 0 aliphatic rings. The van der Waals surface area contributed by atoms with E-state index in [1.807, 2.05) is 18.2 Å². The molecule has 6 heteroatoms. The second-order valence-corrected chi connectivity index (χ2v) is 20.9. The monoisotopic (exact) mass is 1110 g/mol. The maximum absolute atomic E-state index is 12.9. The Morgan fingerprint density at radius 1 is 0.272 bits per heavy atom. The number of ether oxygens (including phenoxy) is 3. The summed E-state index contributed by atoms with van der Waals surface area (Å²) in [5.74, 6) is -1.17. The number of carbonyl (C=O) groups is 3. The lowest BCUT2D eigenvalue weighted by atomic mass is 10.0. The molecule has 0 heterocycles. The summed E-state index contributed by atoms with van der Waals surface area (Å²) >= 11 is 0. The number of allylic oxidation sites excluding steroid dienone is 27. The van der Waals surface area contributed by atoms with Crippen LogP contribution in [-0.2, 0) is 28.6 Å².